The number of sulfonamides is 1. The van der Waals surface area contributed by atoms with Gasteiger partial charge in [-0.15, -0.1) is 0 Å². The molecule has 0 radical (unpaired) electrons. The van der Waals surface area contributed by atoms with Gasteiger partial charge in [-0.3, -0.25) is 14.3 Å². The van der Waals surface area contributed by atoms with Crippen molar-refractivity contribution in [1.82, 2.24) is 9.80 Å². The number of carbonyl (C=O) groups is 2. The molecule has 0 aliphatic carbocycles. The Labute approximate surface area is 178 Å². The first-order valence-electron chi connectivity index (χ1n) is 9.83. The zero-order valence-corrected chi connectivity index (χ0v) is 18.9. The molecule has 30 heavy (non-hydrogen) atoms. The predicted octanol–water partition coefficient (Wildman–Crippen LogP) is 3.04. The highest BCUT2D eigenvalue weighted by atomic mass is 32.2. The Bertz CT molecular complexity index is 1030. The van der Waals surface area contributed by atoms with Crippen molar-refractivity contribution in [2.75, 3.05) is 31.4 Å². The zero-order valence-electron chi connectivity index (χ0n) is 18.1. The number of para-hydroxylation sites is 1. The van der Waals surface area contributed by atoms with E-state index in [0.717, 1.165) is 5.56 Å². The van der Waals surface area contributed by atoms with Gasteiger partial charge in [0.05, 0.1) is 17.1 Å². The largest absolute Gasteiger partial charge is 0.342 e. The van der Waals surface area contributed by atoms with Crippen LogP contribution in [-0.4, -0.2) is 56.7 Å². The van der Waals surface area contributed by atoms with Crippen LogP contribution in [0.5, 0.6) is 0 Å². The molecular formula is C22H29N3O4S. The minimum absolute atomic E-state index is 0.0110. The van der Waals surface area contributed by atoms with E-state index in [4.69, 9.17) is 0 Å². The molecule has 8 heteroatoms. The molecule has 0 atom stereocenters. The monoisotopic (exact) mass is 431 g/mol. The van der Waals surface area contributed by atoms with Gasteiger partial charge in [0.2, 0.25) is 5.91 Å². The first-order valence-corrected chi connectivity index (χ1v) is 11.3. The standard InChI is InChI=1S/C22H29N3O4S/c1-6-25(7-2)21(26)15-24(5)22(27)19-14-18(13-12-16(19)3)30(28,29)23-20-11-9-8-10-17(20)4/h8-14,23H,6-7,15H2,1-5H3. The van der Waals surface area contributed by atoms with Crippen molar-refractivity contribution >= 4 is 27.5 Å². The lowest BCUT2D eigenvalue weighted by Gasteiger charge is -2.24. The van der Waals surface area contributed by atoms with Crippen LogP contribution < -0.4 is 4.72 Å². The first kappa shape index (κ1) is 23.4. The molecule has 0 bridgehead atoms. The summed E-state index contributed by atoms with van der Waals surface area (Å²) in [5, 5.41) is 0. The Morgan fingerprint density at radius 2 is 1.60 bits per heavy atom. The molecule has 0 saturated carbocycles. The SMILES string of the molecule is CCN(CC)C(=O)CN(C)C(=O)c1cc(S(=O)(=O)Nc2ccccc2C)ccc1C. The van der Waals surface area contributed by atoms with Crippen LogP contribution in [0, 0.1) is 13.8 Å². The fourth-order valence-corrected chi connectivity index (χ4v) is 4.20. The third-order valence-electron chi connectivity index (χ3n) is 4.97. The van der Waals surface area contributed by atoms with Gasteiger partial charge in [-0.2, -0.15) is 0 Å². The van der Waals surface area contributed by atoms with Crippen molar-refractivity contribution in [3.63, 3.8) is 0 Å². The van der Waals surface area contributed by atoms with Crippen molar-refractivity contribution in [2.24, 2.45) is 0 Å². The van der Waals surface area contributed by atoms with Crippen LogP contribution in [0.4, 0.5) is 5.69 Å². The molecular weight excluding hydrogens is 402 g/mol. The Morgan fingerprint density at radius 3 is 2.20 bits per heavy atom. The highest BCUT2D eigenvalue weighted by molar-refractivity contribution is 7.92. The van der Waals surface area contributed by atoms with E-state index in [1.165, 1.54) is 24.1 Å². The molecule has 2 aromatic carbocycles. The van der Waals surface area contributed by atoms with Gasteiger partial charge in [0.1, 0.15) is 0 Å². The van der Waals surface area contributed by atoms with Crippen LogP contribution in [0.25, 0.3) is 0 Å². The Kier molecular flexibility index (Phi) is 7.61. The minimum Gasteiger partial charge on any atom is -0.342 e. The molecule has 2 aromatic rings. The number of rotatable bonds is 8. The highest BCUT2D eigenvalue weighted by Gasteiger charge is 2.22. The molecule has 0 spiro atoms. The molecule has 1 N–H and O–H groups in total. The predicted molar refractivity (Wildman–Crippen MR) is 118 cm³/mol. The molecule has 0 fully saturated rings. The van der Waals surface area contributed by atoms with Crippen molar-refractivity contribution in [3.05, 3.63) is 59.2 Å². The van der Waals surface area contributed by atoms with Crippen molar-refractivity contribution in [1.29, 1.82) is 0 Å². The van der Waals surface area contributed by atoms with Gasteiger partial charge in [-0.25, -0.2) is 8.42 Å². The maximum absolute atomic E-state index is 12.9. The molecule has 7 nitrogen and oxygen atoms in total. The van der Waals surface area contributed by atoms with E-state index in [1.54, 1.807) is 30.0 Å². The third-order valence-corrected chi connectivity index (χ3v) is 6.34. The maximum atomic E-state index is 12.9. The fourth-order valence-electron chi connectivity index (χ4n) is 3.05. The van der Waals surface area contributed by atoms with Crippen LogP contribution in [0.3, 0.4) is 0 Å². The van der Waals surface area contributed by atoms with E-state index < -0.39 is 15.9 Å². The van der Waals surface area contributed by atoms with Gasteiger partial charge in [0.15, 0.2) is 0 Å². The number of hydrogen-bond acceptors (Lipinski definition) is 4. The van der Waals surface area contributed by atoms with E-state index in [1.807, 2.05) is 32.9 Å². The zero-order chi connectivity index (χ0) is 22.5. The summed E-state index contributed by atoms with van der Waals surface area (Å²) in [6.45, 7) is 8.36. The van der Waals surface area contributed by atoms with E-state index in [0.29, 0.717) is 24.3 Å². The van der Waals surface area contributed by atoms with Gasteiger partial charge in [0.25, 0.3) is 15.9 Å². The smallest absolute Gasteiger partial charge is 0.261 e. The van der Waals surface area contributed by atoms with Gasteiger partial charge in [0, 0.05) is 25.7 Å². The van der Waals surface area contributed by atoms with Crippen LogP contribution in [0.1, 0.15) is 35.3 Å². The maximum Gasteiger partial charge on any atom is 0.261 e. The van der Waals surface area contributed by atoms with Crippen molar-refractivity contribution in [3.8, 4) is 0 Å². The number of nitrogens with one attached hydrogen (secondary N) is 1. The molecule has 2 rings (SSSR count). The average Bonchev–Trinajstić information content (AvgIpc) is 2.70. The second-order valence-electron chi connectivity index (χ2n) is 7.12. The van der Waals surface area contributed by atoms with Crippen LogP contribution >= 0.6 is 0 Å². The lowest BCUT2D eigenvalue weighted by molar-refractivity contribution is -0.131. The molecule has 0 heterocycles. The minimum atomic E-state index is -3.87. The molecule has 0 aliphatic heterocycles. The number of aryl methyl sites for hydroxylation is 2. The van der Waals surface area contributed by atoms with E-state index >= 15 is 0 Å². The van der Waals surface area contributed by atoms with Crippen LogP contribution in [0.15, 0.2) is 47.4 Å². The fraction of sp³-hybridized carbons (Fsp3) is 0.364. The number of likely N-dealkylation sites (N-methyl/N-ethyl adjacent to an activating group) is 2. The third kappa shape index (κ3) is 5.38. The number of nitrogens with zero attached hydrogens (tertiary/aromatic N) is 2. The lowest BCUT2D eigenvalue weighted by Crippen LogP contribution is -2.41. The quantitative estimate of drug-likeness (QED) is 0.696. The lowest BCUT2D eigenvalue weighted by atomic mass is 10.1. The van der Waals surface area contributed by atoms with Gasteiger partial charge >= 0.3 is 0 Å². The summed E-state index contributed by atoms with van der Waals surface area (Å²) >= 11 is 0. The van der Waals surface area contributed by atoms with Crippen LogP contribution in [-0.2, 0) is 14.8 Å². The van der Waals surface area contributed by atoms with Gasteiger partial charge in [-0.05, 0) is 57.0 Å². The molecule has 162 valence electrons. The number of amides is 2. The summed E-state index contributed by atoms with van der Waals surface area (Å²) in [5.41, 5.74) is 2.15. The van der Waals surface area contributed by atoms with E-state index in [9.17, 15) is 18.0 Å². The van der Waals surface area contributed by atoms with Gasteiger partial charge < -0.3 is 9.80 Å². The number of anilines is 1. The van der Waals surface area contributed by atoms with E-state index in [-0.39, 0.29) is 22.9 Å². The topological polar surface area (TPSA) is 86.8 Å². The Hall–Kier alpha value is -2.87. The Morgan fingerprint density at radius 1 is 0.967 bits per heavy atom. The van der Waals surface area contributed by atoms with Gasteiger partial charge in [-0.1, -0.05) is 24.3 Å². The van der Waals surface area contributed by atoms with E-state index in [2.05, 4.69) is 4.72 Å². The second kappa shape index (κ2) is 9.75. The molecule has 2 amide bonds. The second-order valence-corrected chi connectivity index (χ2v) is 8.81. The molecule has 0 aromatic heterocycles. The number of carbonyl (C=O) groups excluding carboxylic acids is 2. The number of hydrogen-bond donors (Lipinski definition) is 1. The summed E-state index contributed by atoms with van der Waals surface area (Å²) < 4.78 is 28.3. The first-order chi connectivity index (χ1) is 14.1. The van der Waals surface area contributed by atoms with Crippen LogP contribution in [0.2, 0.25) is 0 Å². The normalized spacial score (nSPS) is 11.1. The van der Waals surface area contributed by atoms with Crippen molar-refractivity contribution < 1.29 is 18.0 Å². The molecule has 0 unspecified atom stereocenters. The molecule has 0 aliphatic rings. The average molecular weight is 432 g/mol. The molecule has 0 saturated heterocycles. The summed E-state index contributed by atoms with van der Waals surface area (Å²) in [7, 11) is -2.34. The summed E-state index contributed by atoms with van der Waals surface area (Å²) in [5.74, 6) is -0.556. The highest BCUT2D eigenvalue weighted by Crippen LogP contribution is 2.22. The van der Waals surface area contributed by atoms with Crippen molar-refractivity contribution in [2.45, 2.75) is 32.6 Å². The number of benzene rings is 2. The summed E-state index contributed by atoms with van der Waals surface area (Å²) in [6.07, 6.45) is 0. The Balaban J connectivity index is 2.28. The summed E-state index contributed by atoms with van der Waals surface area (Å²) in [6, 6.07) is 11.5. The summed E-state index contributed by atoms with van der Waals surface area (Å²) in [4.78, 5) is 28.2.